The number of allylic oxidation sites excluding steroid dienone is 1. The van der Waals surface area contributed by atoms with Crippen molar-refractivity contribution in [2.24, 2.45) is 0 Å². The zero-order chi connectivity index (χ0) is 22.0. The lowest BCUT2D eigenvalue weighted by molar-refractivity contribution is 0.996. The van der Waals surface area contributed by atoms with E-state index in [4.69, 9.17) is 4.98 Å². The van der Waals surface area contributed by atoms with Crippen LogP contribution in [0, 0.1) is 12.1 Å². The Morgan fingerprint density at radius 2 is 1.61 bits per heavy atom. The van der Waals surface area contributed by atoms with E-state index in [2.05, 4.69) is 71.7 Å². The highest BCUT2D eigenvalue weighted by Gasteiger charge is 2.23. The van der Waals surface area contributed by atoms with Gasteiger partial charge in [0.05, 0.1) is 28.7 Å². The van der Waals surface area contributed by atoms with Crippen molar-refractivity contribution in [2.75, 3.05) is 0 Å². The van der Waals surface area contributed by atoms with Gasteiger partial charge in [-0.2, -0.15) is 0 Å². The largest absolute Gasteiger partial charge is 0.260 e. The van der Waals surface area contributed by atoms with Crippen molar-refractivity contribution in [3.05, 3.63) is 115 Å². The molecule has 0 aliphatic heterocycles. The summed E-state index contributed by atoms with van der Waals surface area (Å²) in [6.45, 7) is 0. The minimum Gasteiger partial charge on any atom is -0.260 e. The van der Waals surface area contributed by atoms with Gasteiger partial charge in [0, 0.05) is 21.6 Å². The van der Waals surface area contributed by atoms with E-state index in [0.717, 1.165) is 35.4 Å². The van der Waals surface area contributed by atoms with Gasteiger partial charge in [0.15, 0.2) is 0 Å². The molecular weight excluding hydrogens is 420 g/mol. The Kier molecular flexibility index (Phi) is 5.07. The van der Waals surface area contributed by atoms with Gasteiger partial charge >= 0.3 is 0 Å². The van der Waals surface area contributed by atoms with Crippen LogP contribution in [0.3, 0.4) is 0 Å². The van der Waals surface area contributed by atoms with Crippen LogP contribution in [0.15, 0.2) is 91.3 Å². The van der Waals surface area contributed by atoms with Crippen LogP contribution in [0.4, 0.5) is 0 Å². The van der Waals surface area contributed by atoms with Crippen LogP contribution in [-0.2, 0) is 6.42 Å². The normalized spacial score (nSPS) is 12.2. The van der Waals surface area contributed by atoms with E-state index in [-0.39, 0.29) is 0 Å². The van der Waals surface area contributed by atoms with Gasteiger partial charge in [0.2, 0.25) is 0 Å². The highest BCUT2D eigenvalue weighted by atomic mass is 32.1. The summed E-state index contributed by atoms with van der Waals surface area (Å²) >= 11 is 1.82. The van der Waals surface area contributed by atoms with E-state index in [1.165, 1.54) is 32.0 Å². The lowest BCUT2D eigenvalue weighted by Gasteiger charge is -2.12. The predicted molar refractivity (Wildman–Crippen MR) is 137 cm³/mol. The number of rotatable bonds is 4. The van der Waals surface area contributed by atoms with Gasteiger partial charge < -0.3 is 0 Å². The van der Waals surface area contributed by atoms with Crippen LogP contribution >= 0.6 is 11.3 Å². The maximum atomic E-state index is 5.01. The van der Waals surface area contributed by atoms with Gasteiger partial charge in [0.25, 0.3) is 0 Å². The molecule has 0 unspecified atom stereocenters. The van der Waals surface area contributed by atoms with Crippen molar-refractivity contribution in [3.8, 4) is 43.4 Å². The van der Waals surface area contributed by atoms with Crippen LogP contribution in [0.25, 0.3) is 49.5 Å². The lowest BCUT2D eigenvalue weighted by atomic mass is 9.92. The summed E-state index contributed by atoms with van der Waals surface area (Å²) in [7, 11) is 0. The molecule has 2 heterocycles. The quantitative estimate of drug-likeness (QED) is 0.285. The molecular formula is C30H20N2S. The first-order valence-electron chi connectivity index (χ1n) is 11.1. The van der Waals surface area contributed by atoms with Crippen LogP contribution in [-0.4, -0.2) is 9.97 Å². The van der Waals surface area contributed by atoms with Crippen LogP contribution in [0.1, 0.15) is 17.5 Å². The Labute approximate surface area is 198 Å². The van der Waals surface area contributed by atoms with Crippen molar-refractivity contribution in [2.45, 2.75) is 12.8 Å². The Hall–Kier alpha value is -4.00. The molecule has 0 radical (unpaired) electrons. The Balaban J connectivity index is 1.53. The van der Waals surface area contributed by atoms with E-state index in [0.29, 0.717) is 0 Å². The number of benzene rings is 2. The number of thiophene rings is 1. The van der Waals surface area contributed by atoms with Gasteiger partial charge in [-0.25, -0.2) is 4.98 Å². The first kappa shape index (κ1) is 19.7. The average Bonchev–Trinajstić information content (AvgIpc) is 3.29. The van der Waals surface area contributed by atoms with Crippen LogP contribution < -0.4 is 0 Å². The van der Waals surface area contributed by atoms with Gasteiger partial charge in [-0.05, 0) is 41.7 Å². The standard InChI is InChI=1S/C30H20N2S/c1-3-11-21(12-4-1)23-15-7-8-16-24(23)29-25-17-9-10-18-26(25)30(33-29)28-20-31-19-27(32-28)22-13-5-2-6-14-22/h1-3,5-8,10-11,13-16,18-20H,9,17H2. The van der Waals surface area contributed by atoms with E-state index in [1.807, 2.05) is 54.1 Å². The SMILES string of the molecule is c1cccc(-c2ccccc2-c2sc(-c3cncc(-c4ccccc4)n3)c3c2CCC=C3)c#1. The molecule has 0 bridgehead atoms. The molecule has 2 nitrogen and oxygen atoms in total. The number of aromatic nitrogens is 2. The molecule has 2 aromatic heterocycles. The number of hydrogen-bond acceptors (Lipinski definition) is 3. The predicted octanol–water partition coefficient (Wildman–Crippen LogP) is 7.77. The van der Waals surface area contributed by atoms with Crippen molar-refractivity contribution in [1.82, 2.24) is 9.97 Å². The number of nitrogens with zero attached hydrogens (tertiary/aromatic N) is 2. The molecule has 5 aromatic rings. The summed E-state index contributed by atoms with van der Waals surface area (Å²) in [5.41, 5.74) is 9.06. The summed E-state index contributed by atoms with van der Waals surface area (Å²) in [5, 5.41) is 0. The maximum Gasteiger partial charge on any atom is 0.0998 e. The topological polar surface area (TPSA) is 25.8 Å². The molecule has 0 spiro atoms. The highest BCUT2D eigenvalue weighted by molar-refractivity contribution is 7.19. The first-order chi connectivity index (χ1) is 16.4. The molecule has 33 heavy (non-hydrogen) atoms. The second-order valence-corrected chi connectivity index (χ2v) is 9.02. The molecule has 1 aliphatic carbocycles. The molecule has 0 N–H and O–H groups in total. The third-order valence-electron chi connectivity index (χ3n) is 5.94. The molecule has 0 fully saturated rings. The summed E-state index contributed by atoms with van der Waals surface area (Å²) in [6, 6.07) is 31.2. The molecule has 3 aromatic carbocycles. The fourth-order valence-corrected chi connectivity index (χ4v) is 5.72. The molecule has 0 saturated heterocycles. The van der Waals surface area contributed by atoms with Gasteiger partial charge in [-0.3, -0.25) is 4.98 Å². The average molecular weight is 441 g/mol. The molecule has 156 valence electrons. The van der Waals surface area contributed by atoms with E-state index >= 15 is 0 Å². The van der Waals surface area contributed by atoms with Crippen LogP contribution in [0.2, 0.25) is 0 Å². The van der Waals surface area contributed by atoms with E-state index in [1.54, 1.807) is 0 Å². The molecule has 0 saturated carbocycles. The first-order valence-corrected chi connectivity index (χ1v) is 11.9. The van der Waals surface area contributed by atoms with Crippen LogP contribution in [0.5, 0.6) is 0 Å². The lowest BCUT2D eigenvalue weighted by Crippen LogP contribution is -1.95. The zero-order valence-electron chi connectivity index (χ0n) is 18.0. The Bertz CT molecular complexity index is 1450. The Morgan fingerprint density at radius 3 is 2.45 bits per heavy atom. The monoisotopic (exact) mass is 440 g/mol. The third-order valence-corrected chi connectivity index (χ3v) is 7.24. The molecule has 6 rings (SSSR count). The van der Waals surface area contributed by atoms with Gasteiger partial charge in [-0.15, -0.1) is 11.3 Å². The number of hydrogen-bond donors (Lipinski definition) is 0. The molecule has 1 aliphatic rings. The van der Waals surface area contributed by atoms with Gasteiger partial charge in [-0.1, -0.05) is 84.9 Å². The van der Waals surface area contributed by atoms with E-state index < -0.39 is 0 Å². The fraction of sp³-hybridized carbons (Fsp3) is 0.0667. The van der Waals surface area contributed by atoms with Crippen molar-refractivity contribution in [3.63, 3.8) is 0 Å². The van der Waals surface area contributed by atoms with Gasteiger partial charge in [0.1, 0.15) is 0 Å². The smallest absolute Gasteiger partial charge is 0.0998 e. The highest BCUT2D eigenvalue weighted by Crippen LogP contribution is 2.46. The minimum atomic E-state index is 0.895. The zero-order valence-corrected chi connectivity index (χ0v) is 18.8. The minimum absolute atomic E-state index is 0.895. The summed E-state index contributed by atoms with van der Waals surface area (Å²) in [5.74, 6) is 0. The van der Waals surface area contributed by atoms with Crippen molar-refractivity contribution >= 4 is 17.4 Å². The Morgan fingerprint density at radius 1 is 0.788 bits per heavy atom. The molecule has 0 amide bonds. The third kappa shape index (κ3) is 3.65. The second-order valence-electron chi connectivity index (χ2n) is 8.00. The molecule has 3 heteroatoms. The van der Waals surface area contributed by atoms with Crippen molar-refractivity contribution < 1.29 is 0 Å². The summed E-state index contributed by atoms with van der Waals surface area (Å²) < 4.78 is 0. The maximum absolute atomic E-state index is 5.01. The van der Waals surface area contributed by atoms with Crippen molar-refractivity contribution in [1.29, 1.82) is 0 Å². The summed E-state index contributed by atoms with van der Waals surface area (Å²) in [6.07, 6.45) is 10.3. The van der Waals surface area contributed by atoms with E-state index in [9.17, 15) is 0 Å². The summed E-state index contributed by atoms with van der Waals surface area (Å²) in [4.78, 5) is 12.0. The fourth-order valence-electron chi connectivity index (χ4n) is 4.39. The molecule has 0 atom stereocenters. The number of fused-ring (bicyclic) bond motifs is 1. The second kappa shape index (κ2) is 8.50.